The molecule has 0 aliphatic heterocycles. The molecule has 20 heavy (non-hydrogen) atoms. The minimum absolute atomic E-state index is 0.0205. The molecule has 0 unspecified atom stereocenters. The topological polar surface area (TPSA) is 77.3 Å². The Labute approximate surface area is 116 Å². The van der Waals surface area contributed by atoms with Crippen LogP contribution >= 0.6 is 0 Å². The van der Waals surface area contributed by atoms with Crippen molar-refractivity contribution in [1.82, 2.24) is 4.98 Å². The van der Waals surface area contributed by atoms with E-state index < -0.39 is 4.92 Å². The highest BCUT2D eigenvalue weighted by Gasteiger charge is 2.16. The van der Waals surface area contributed by atoms with Crippen LogP contribution in [0.1, 0.15) is 11.1 Å². The van der Waals surface area contributed by atoms with Crippen molar-refractivity contribution in [2.45, 2.75) is 13.5 Å². The van der Waals surface area contributed by atoms with E-state index in [1.165, 1.54) is 6.07 Å². The molecule has 0 radical (unpaired) electrons. The summed E-state index contributed by atoms with van der Waals surface area (Å²) in [5, 5.41) is 13.9. The molecule has 2 aromatic rings. The lowest BCUT2D eigenvalue weighted by molar-refractivity contribution is -0.386. The van der Waals surface area contributed by atoms with Crippen LogP contribution in [0.25, 0.3) is 0 Å². The van der Waals surface area contributed by atoms with E-state index in [0.29, 0.717) is 5.75 Å². The fraction of sp³-hybridized carbons (Fsp3) is 0.214. The van der Waals surface area contributed by atoms with E-state index in [-0.39, 0.29) is 12.3 Å². The van der Waals surface area contributed by atoms with Gasteiger partial charge in [-0.05, 0) is 30.2 Å². The Hall–Kier alpha value is -2.63. The van der Waals surface area contributed by atoms with Crippen molar-refractivity contribution in [3.8, 4) is 5.75 Å². The molecule has 0 atom stereocenters. The third kappa shape index (κ3) is 3.03. The van der Waals surface area contributed by atoms with E-state index in [2.05, 4.69) is 10.3 Å². The van der Waals surface area contributed by atoms with Gasteiger partial charge in [0.2, 0.25) is 0 Å². The number of nitrogens with one attached hydrogen (secondary N) is 1. The highest BCUT2D eigenvalue weighted by molar-refractivity contribution is 5.51. The van der Waals surface area contributed by atoms with Gasteiger partial charge in [-0.15, -0.1) is 0 Å². The lowest BCUT2D eigenvalue weighted by atomic mass is 10.2. The molecule has 6 heteroatoms. The van der Waals surface area contributed by atoms with Gasteiger partial charge in [0.15, 0.2) is 5.75 Å². The summed E-state index contributed by atoms with van der Waals surface area (Å²) >= 11 is 0. The number of aromatic nitrogens is 1. The first-order valence-corrected chi connectivity index (χ1v) is 6.11. The molecule has 0 spiro atoms. The zero-order chi connectivity index (χ0) is 14.5. The number of hydrogen-bond acceptors (Lipinski definition) is 5. The van der Waals surface area contributed by atoms with Gasteiger partial charge in [-0.1, -0.05) is 12.1 Å². The second-order valence-electron chi connectivity index (χ2n) is 4.27. The van der Waals surface area contributed by atoms with Crippen molar-refractivity contribution < 1.29 is 9.66 Å². The normalized spacial score (nSPS) is 10.1. The van der Waals surface area contributed by atoms with Crippen LogP contribution in [-0.4, -0.2) is 17.0 Å². The number of para-hydroxylation sites is 1. The van der Waals surface area contributed by atoms with E-state index >= 15 is 0 Å². The maximum atomic E-state index is 11.0. The summed E-state index contributed by atoms with van der Waals surface area (Å²) in [6.45, 7) is 2.04. The average molecular weight is 273 g/mol. The summed E-state index contributed by atoms with van der Waals surface area (Å²) in [5.41, 5.74) is 1.61. The molecule has 0 saturated heterocycles. The number of aryl methyl sites for hydroxylation is 1. The van der Waals surface area contributed by atoms with Crippen LogP contribution in [0.15, 0.2) is 36.5 Å². The van der Waals surface area contributed by atoms with E-state index in [1.54, 1.807) is 32.3 Å². The number of nitro groups is 1. The Morgan fingerprint density at radius 1 is 1.40 bits per heavy atom. The van der Waals surface area contributed by atoms with Gasteiger partial charge in [-0.25, -0.2) is 4.98 Å². The molecule has 0 saturated carbocycles. The van der Waals surface area contributed by atoms with Crippen LogP contribution in [0.5, 0.6) is 5.75 Å². The summed E-state index contributed by atoms with van der Waals surface area (Å²) in [6.07, 6.45) is 1.66. The number of anilines is 1. The second-order valence-corrected chi connectivity index (χ2v) is 4.27. The maximum absolute atomic E-state index is 11.0. The molecular formula is C14H15N3O3. The van der Waals surface area contributed by atoms with Gasteiger partial charge >= 0.3 is 5.69 Å². The van der Waals surface area contributed by atoms with Gasteiger partial charge in [0, 0.05) is 19.3 Å². The number of rotatable bonds is 5. The molecule has 6 nitrogen and oxygen atoms in total. The highest BCUT2D eigenvalue weighted by Crippen LogP contribution is 2.30. The van der Waals surface area contributed by atoms with E-state index in [1.807, 2.05) is 12.1 Å². The third-order valence-electron chi connectivity index (χ3n) is 2.85. The molecule has 104 valence electrons. The van der Waals surface area contributed by atoms with Gasteiger partial charge in [0.25, 0.3) is 0 Å². The van der Waals surface area contributed by atoms with Crippen molar-refractivity contribution >= 4 is 11.5 Å². The van der Waals surface area contributed by atoms with Crippen LogP contribution < -0.4 is 10.1 Å². The molecule has 1 heterocycles. The molecular weight excluding hydrogens is 258 g/mol. The molecule has 1 N–H and O–H groups in total. The molecule has 0 amide bonds. The first-order chi connectivity index (χ1) is 9.61. The maximum Gasteiger partial charge on any atom is 0.311 e. The lowest BCUT2D eigenvalue weighted by Gasteiger charge is -2.10. The molecule has 0 aliphatic rings. The molecule has 1 aromatic heterocycles. The number of ether oxygens (including phenoxy) is 1. The largest absolute Gasteiger partial charge is 0.482 e. The van der Waals surface area contributed by atoms with Crippen LogP contribution in [0.4, 0.5) is 11.5 Å². The fourth-order valence-electron chi connectivity index (χ4n) is 1.82. The minimum Gasteiger partial charge on any atom is -0.482 e. The summed E-state index contributed by atoms with van der Waals surface area (Å²) in [7, 11) is 1.78. The van der Waals surface area contributed by atoms with Gasteiger partial charge in [0.1, 0.15) is 12.4 Å². The van der Waals surface area contributed by atoms with Gasteiger partial charge in [-0.2, -0.15) is 0 Å². The standard InChI is InChI=1S/C14H15N3O3/c1-10-4-3-5-12(17(18)19)14(10)20-9-11-6-7-16-13(8-11)15-2/h3-8H,9H2,1-2H3,(H,15,16). The molecule has 2 rings (SSSR count). The van der Waals surface area contributed by atoms with E-state index in [4.69, 9.17) is 4.74 Å². The summed E-state index contributed by atoms with van der Waals surface area (Å²) in [4.78, 5) is 14.7. The number of nitrogens with zero attached hydrogens (tertiary/aromatic N) is 2. The van der Waals surface area contributed by atoms with Crippen LogP contribution in [0.3, 0.4) is 0 Å². The predicted octanol–water partition coefficient (Wildman–Crippen LogP) is 2.92. The second kappa shape index (κ2) is 6.01. The van der Waals surface area contributed by atoms with Crippen LogP contribution in [0, 0.1) is 17.0 Å². The van der Waals surface area contributed by atoms with Gasteiger partial charge < -0.3 is 10.1 Å². The Kier molecular flexibility index (Phi) is 4.14. The van der Waals surface area contributed by atoms with Gasteiger partial charge in [-0.3, -0.25) is 10.1 Å². The summed E-state index contributed by atoms with van der Waals surface area (Å²) < 4.78 is 5.62. The smallest absolute Gasteiger partial charge is 0.311 e. The Morgan fingerprint density at radius 3 is 2.90 bits per heavy atom. The van der Waals surface area contributed by atoms with Crippen molar-refractivity contribution in [3.63, 3.8) is 0 Å². The van der Waals surface area contributed by atoms with Crippen molar-refractivity contribution in [3.05, 3.63) is 57.8 Å². The summed E-state index contributed by atoms with van der Waals surface area (Å²) in [6, 6.07) is 8.52. The lowest BCUT2D eigenvalue weighted by Crippen LogP contribution is -2.02. The molecule has 1 aromatic carbocycles. The predicted molar refractivity (Wildman–Crippen MR) is 75.9 cm³/mol. The van der Waals surface area contributed by atoms with Crippen LogP contribution in [0.2, 0.25) is 0 Å². The van der Waals surface area contributed by atoms with Crippen LogP contribution in [-0.2, 0) is 6.61 Å². The average Bonchev–Trinajstić information content (AvgIpc) is 2.45. The zero-order valence-corrected chi connectivity index (χ0v) is 11.3. The van der Waals surface area contributed by atoms with Crippen molar-refractivity contribution in [1.29, 1.82) is 0 Å². The molecule has 0 bridgehead atoms. The monoisotopic (exact) mass is 273 g/mol. The number of pyridine rings is 1. The highest BCUT2D eigenvalue weighted by atomic mass is 16.6. The minimum atomic E-state index is -0.437. The Balaban J connectivity index is 2.20. The first-order valence-electron chi connectivity index (χ1n) is 6.11. The quantitative estimate of drug-likeness (QED) is 0.669. The molecule has 0 fully saturated rings. The first kappa shape index (κ1) is 13.8. The van der Waals surface area contributed by atoms with E-state index in [9.17, 15) is 10.1 Å². The van der Waals surface area contributed by atoms with Crippen molar-refractivity contribution in [2.24, 2.45) is 0 Å². The number of benzene rings is 1. The summed E-state index contributed by atoms with van der Waals surface area (Å²) in [5.74, 6) is 1.03. The molecule has 0 aliphatic carbocycles. The Morgan fingerprint density at radius 2 is 2.20 bits per heavy atom. The van der Waals surface area contributed by atoms with Crippen molar-refractivity contribution in [2.75, 3.05) is 12.4 Å². The van der Waals surface area contributed by atoms with Gasteiger partial charge in [0.05, 0.1) is 4.92 Å². The number of nitro benzene ring substituents is 1. The number of hydrogen-bond donors (Lipinski definition) is 1. The SMILES string of the molecule is CNc1cc(COc2c(C)cccc2[N+](=O)[O-])ccn1. The Bertz CT molecular complexity index is 629. The third-order valence-corrected chi connectivity index (χ3v) is 2.85. The zero-order valence-electron chi connectivity index (χ0n) is 11.3. The van der Waals surface area contributed by atoms with E-state index in [0.717, 1.165) is 16.9 Å². The fourth-order valence-corrected chi connectivity index (χ4v) is 1.82.